The van der Waals surface area contributed by atoms with E-state index in [-0.39, 0.29) is 39.7 Å². The molecule has 1 saturated heterocycles. The summed E-state index contributed by atoms with van der Waals surface area (Å²) >= 11 is 2.54. The molecule has 0 spiro atoms. The molecule has 0 saturated carbocycles. The Morgan fingerprint density at radius 1 is 0.831 bits per heavy atom. The number of nitrogens with zero attached hydrogens (tertiary/aromatic N) is 4. The van der Waals surface area contributed by atoms with Gasteiger partial charge in [0.15, 0.2) is 22.6 Å². The van der Waals surface area contributed by atoms with Gasteiger partial charge in [0.2, 0.25) is 0 Å². The molecule has 65 heavy (non-hydrogen) atoms. The molecule has 0 bridgehead atoms. The van der Waals surface area contributed by atoms with Crippen LogP contribution in [0.3, 0.4) is 0 Å². The van der Waals surface area contributed by atoms with Crippen molar-refractivity contribution in [2.24, 2.45) is 10.9 Å². The van der Waals surface area contributed by atoms with Crippen molar-refractivity contribution in [2.75, 3.05) is 18.2 Å². The summed E-state index contributed by atoms with van der Waals surface area (Å²) in [6.45, 7) is 0. The van der Waals surface area contributed by atoms with E-state index in [0.717, 1.165) is 16.7 Å². The molecule has 16 heteroatoms. The predicted octanol–water partition coefficient (Wildman–Crippen LogP) is 7.13. The molecule has 2 atom stereocenters. The maximum atomic E-state index is 14.6. The van der Waals surface area contributed by atoms with Gasteiger partial charge in [0.05, 0.1) is 5.56 Å². The van der Waals surface area contributed by atoms with Crippen molar-refractivity contribution in [1.82, 2.24) is 20.4 Å². The van der Waals surface area contributed by atoms with Crippen LogP contribution in [0, 0.1) is 0 Å². The highest BCUT2D eigenvalue weighted by atomic mass is 32.2. The lowest BCUT2D eigenvalue weighted by molar-refractivity contribution is -0.154. The van der Waals surface area contributed by atoms with E-state index in [1.165, 1.54) is 41.4 Å². The Morgan fingerprint density at radius 2 is 1.37 bits per heavy atom. The highest BCUT2D eigenvalue weighted by Crippen LogP contribution is 2.45. The third-order valence-corrected chi connectivity index (χ3v) is 13.1. The number of thioether (sulfide) groups is 1. The number of hydrogen-bond donors (Lipinski definition) is 3. The summed E-state index contributed by atoms with van der Waals surface area (Å²) in [6, 6.07) is 47.3. The van der Waals surface area contributed by atoms with Crippen molar-refractivity contribution in [3.05, 3.63) is 214 Å². The van der Waals surface area contributed by atoms with E-state index >= 15 is 0 Å². The predicted molar refractivity (Wildman–Crippen MR) is 246 cm³/mol. The summed E-state index contributed by atoms with van der Waals surface area (Å²) in [5.41, 5.74) is 9.10. The first-order valence-electron chi connectivity index (χ1n) is 20.3. The smallest absolute Gasteiger partial charge is 0.356 e. The van der Waals surface area contributed by atoms with Crippen molar-refractivity contribution in [3.63, 3.8) is 0 Å². The molecule has 324 valence electrons. The van der Waals surface area contributed by atoms with E-state index in [1.54, 1.807) is 5.38 Å². The van der Waals surface area contributed by atoms with E-state index in [0.29, 0.717) is 16.3 Å². The molecule has 2 aromatic heterocycles. The number of hydrogen-bond acceptors (Lipinski definition) is 13. The van der Waals surface area contributed by atoms with E-state index < -0.39 is 46.7 Å². The van der Waals surface area contributed by atoms with Crippen LogP contribution in [0.25, 0.3) is 5.57 Å². The summed E-state index contributed by atoms with van der Waals surface area (Å²) < 4.78 is 11.4. The molecule has 1 fully saturated rings. The van der Waals surface area contributed by atoms with Gasteiger partial charge in [-0.3, -0.25) is 19.3 Å². The Hall–Kier alpha value is -7.82. The number of benzene rings is 5. The molecule has 2 unspecified atom stereocenters. The Labute approximate surface area is 381 Å². The molecule has 2 aliphatic rings. The fraction of sp³-hybridized carbons (Fsp3) is 0.122. The van der Waals surface area contributed by atoms with Gasteiger partial charge in [-0.15, -0.1) is 23.1 Å². The second-order valence-electron chi connectivity index (χ2n) is 14.9. The van der Waals surface area contributed by atoms with Crippen molar-refractivity contribution < 1.29 is 33.3 Å². The van der Waals surface area contributed by atoms with E-state index in [2.05, 4.69) is 20.9 Å². The van der Waals surface area contributed by atoms with Gasteiger partial charge >= 0.3 is 5.97 Å². The first kappa shape index (κ1) is 42.5. The number of primary amides is 1. The zero-order valence-electron chi connectivity index (χ0n) is 34.6. The lowest BCUT2D eigenvalue weighted by atomic mass is 9.77. The zero-order valence-corrected chi connectivity index (χ0v) is 36.2. The monoisotopic (exact) mass is 901 g/mol. The van der Waals surface area contributed by atoms with E-state index in [4.69, 9.17) is 24.8 Å². The van der Waals surface area contributed by atoms with Crippen LogP contribution in [0.4, 0.5) is 5.13 Å². The minimum atomic E-state index is -1.10. The van der Waals surface area contributed by atoms with Gasteiger partial charge in [0.25, 0.3) is 17.7 Å². The Kier molecular flexibility index (Phi) is 12.1. The number of fused-ring (bicyclic) bond motifs is 1. The Balaban J connectivity index is 1.01. The number of rotatable bonds is 15. The SMILES string of the molecule is CO/N=C(\C(=O)NC1C(=O)N2C(C(=O)OC(c3ccccc3)c3ccccc3)=C(c3conc3C(N)=O)CSC12)c1csc(NC(c2ccccc2)(c2ccccc2)c2ccccc2)n1. The zero-order chi connectivity index (χ0) is 44.9. The number of ether oxygens (including phenoxy) is 1. The third-order valence-electron chi connectivity index (χ3n) is 11.1. The molecule has 7 aromatic rings. The van der Waals surface area contributed by atoms with E-state index in [9.17, 15) is 19.2 Å². The van der Waals surface area contributed by atoms with Crippen LogP contribution >= 0.6 is 23.1 Å². The van der Waals surface area contributed by atoms with Crippen LogP contribution in [0.2, 0.25) is 0 Å². The van der Waals surface area contributed by atoms with Crippen molar-refractivity contribution >= 4 is 63.2 Å². The normalized spacial score (nSPS) is 16.1. The molecule has 14 nitrogen and oxygen atoms in total. The summed E-state index contributed by atoms with van der Waals surface area (Å²) in [7, 11) is 1.31. The molecule has 4 heterocycles. The highest BCUT2D eigenvalue weighted by molar-refractivity contribution is 8.00. The number of amides is 3. The van der Waals surface area contributed by atoms with Crippen LogP contribution in [0.5, 0.6) is 0 Å². The molecule has 9 rings (SSSR count). The van der Waals surface area contributed by atoms with Crippen LogP contribution in [-0.2, 0) is 29.5 Å². The molecule has 0 aliphatic carbocycles. The largest absolute Gasteiger partial charge is 0.448 e. The molecular formula is C49H39N7O7S2. The number of β-lactam (4-membered cyclic amide) rings is 1. The summed E-state index contributed by atoms with van der Waals surface area (Å²) in [5, 5.41) is 15.8. The third kappa shape index (κ3) is 8.16. The van der Waals surface area contributed by atoms with Crippen molar-refractivity contribution in [1.29, 1.82) is 0 Å². The fourth-order valence-electron chi connectivity index (χ4n) is 8.08. The van der Waals surface area contributed by atoms with Crippen LogP contribution in [0.15, 0.2) is 179 Å². The van der Waals surface area contributed by atoms with Gasteiger partial charge in [0.1, 0.15) is 41.7 Å². The van der Waals surface area contributed by atoms with Crippen molar-refractivity contribution in [2.45, 2.75) is 23.1 Å². The summed E-state index contributed by atoms with van der Waals surface area (Å²) in [5.74, 6) is -2.97. The number of aromatic nitrogens is 2. The summed E-state index contributed by atoms with van der Waals surface area (Å²) in [4.78, 5) is 66.8. The molecular weight excluding hydrogens is 863 g/mol. The van der Waals surface area contributed by atoms with Crippen LogP contribution in [0.1, 0.15) is 55.7 Å². The number of esters is 1. The Morgan fingerprint density at radius 3 is 1.89 bits per heavy atom. The molecule has 3 amide bonds. The maximum Gasteiger partial charge on any atom is 0.356 e. The highest BCUT2D eigenvalue weighted by Gasteiger charge is 2.55. The lowest BCUT2D eigenvalue weighted by Crippen LogP contribution is -2.71. The summed E-state index contributed by atoms with van der Waals surface area (Å²) in [6.07, 6.45) is 0.340. The van der Waals surface area contributed by atoms with Gasteiger partial charge < -0.3 is 30.5 Å². The van der Waals surface area contributed by atoms with Crippen molar-refractivity contribution in [3.8, 4) is 0 Å². The fourth-order valence-corrected chi connectivity index (χ4v) is 10.2. The maximum absolute atomic E-state index is 14.6. The molecule has 2 aliphatic heterocycles. The van der Waals surface area contributed by atoms with Gasteiger partial charge in [-0.25, -0.2) is 9.78 Å². The van der Waals surface area contributed by atoms with Crippen LogP contribution in [-0.4, -0.2) is 68.7 Å². The Bertz CT molecular complexity index is 2780. The second-order valence-corrected chi connectivity index (χ2v) is 16.8. The number of nitrogens with one attached hydrogen (secondary N) is 2. The second kappa shape index (κ2) is 18.5. The van der Waals surface area contributed by atoms with Gasteiger partial charge in [-0.05, 0) is 27.8 Å². The van der Waals surface area contributed by atoms with E-state index in [1.807, 2.05) is 152 Å². The van der Waals surface area contributed by atoms with Crippen LogP contribution < -0.4 is 16.4 Å². The quantitative estimate of drug-likeness (QED) is 0.0312. The number of oxime groups is 1. The molecule has 5 aromatic carbocycles. The minimum Gasteiger partial charge on any atom is -0.448 e. The number of anilines is 1. The number of thiazole rings is 1. The lowest BCUT2D eigenvalue weighted by Gasteiger charge is -2.49. The number of carbonyl (C=O) groups excluding carboxylic acids is 4. The standard InChI is InChI=1S/C49H39N7O7S2/c1-61-54-39(37-29-65-48(51-37)53-49(32-21-11-4-12-22-32,33-23-13-5-14-24-33)34-25-15-6-16-26-34)44(58)52-40-45(59)56-41(36(28-64-46(40)56)35-27-62-55-38(35)43(50)57)47(60)63-42(30-17-7-2-8-18-30)31-19-9-3-10-20-31/h2-27,29,40,42,46H,28H2,1H3,(H2,50,57)(H,51,53)(H,52,58)/b54-39-. The van der Waals surface area contributed by atoms with Gasteiger partial charge in [0, 0.05) is 16.7 Å². The number of carbonyl (C=O) groups is 4. The molecule has 4 N–H and O–H groups in total. The van der Waals surface area contributed by atoms with Gasteiger partial charge in [-0.1, -0.05) is 162 Å². The first-order valence-corrected chi connectivity index (χ1v) is 22.3. The molecule has 0 radical (unpaired) electrons. The first-order chi connectivity index (χ1) is 31.8. The minimum absolute atomic E-state index is 0.0974. The topological polar surface area (TPSA) is 191 Å². The van der Waals surface area contributed by atoms with Gasteiger partial charge in [-0.2, -0.15) is 0 Å². The average Bonchev–Trinajstić information content (AvgIpc) is 4.05. The average molecular weight is 902 g/mol. The number of nitrogens with two attached hydrogens (primary N) is 1.